The van der Waals surface area contributed by atoms with Crippen molar-refractivity contribution in [3.8, 4) is 0 Å². The van der Waals surface area contributed by atoms with Gasteiger partial charge in [-0.15, -0.1) is 12.4 Å². The number of piperidine rings is 1. The number of halogens is 1. The summed E-state index contributed by atoms with van der Waals surface area (Å²) in [5.41, 5.74) is -0.481. The van der Waals surface area contributed by atoms with Crippen molar-refractivity contribution < 1.29 is 5.11 Å². The van der Waals surface area contributed by atoms with E-state index in [1.165, 1.54) is 38.6 Å². The number of hydrogen-bond donors (Lipinski definition) is 2. The lowest BCUT2D eigenvalue weighted by atomic mass is 9.65. The van der Waals surface area contributed by atoms with Gasteiger partial charge in [-0.2, -0.15) is 0 Å². The first-order valence-electron chi connectivity index (χ1n) is 7.43. The predicted octanol–water partition coefficient (Wildman–Crippen LogP) is 3.37. The van der Waals surface area contributed by atoms with Crippen LogP contribution in [0.5, 0.6) is 0 Å². The topological polar surface area (TPSA) is 32.3 Å². The maximum Gasteiger partial charge on any atom is 0.0591 e. The standard InChI is InChI=1S/C15H29NO.ClH/c1-11-13-6-4-5-12(7-9-15(2,3)17)14(13)8-10-16-11;/h11-14,16-17H,4-10H2,1-3H3;1H/t11-,12-,13+,14-;/m0./s1. The molecule has 0 radical (unpaired) electrons. The van der Waals surface area contributed by atoms with Crippen LogP contribution in [0.4, 0.5) is 0 Å². The molecular weight excluding hydrogens is 246 g/mol. The third-order valence-electron chi connectivity index (χ3n) is 4.98. The van der Waals surface area contributed by atoms with Crippen molar-refractivity contribution in [2.75, 3.05) is 6.54 Å². The Morgan fingerprint density at radius 3 is 2.56 bits per heavy atom. The fourth-order valence-electron chi connectivity index (χ4n) is 3.99. The van der Waals surface area contributed by atoms with Gasteiger partial charge in [0.2, 0.25) is 0 Å². The number of nitrogens with one attached hydrogen (secondary N) is 1. The maximum atomic E-state index is 9.88. The first-order valence-corrected chi connectivity index (χ1v) is 7.43. The predicted molar refractivity (Wildman–Crippen MR) is 79.2 cm³/mol. The van der Waals surface area contributed by atoms with E-state index in [2.05, 4.69) is 12.2 Å². The van der Waals surface area contributed by atoms with Crippen molar-refractivity contribution in [3.63, 3.8) is 0 Å². The average molecular weight is 276 g/mol. The fourth-order valence-corrected chi connectivity index (χ4v) is 3.99. The molecule has 0 aromatic heterocycles. The minimum atomic E-state index is -0.481. The number of hydrogen-bond acceptors (Lipinski definition) is 2. The Hall–Kier alpha value is 0.210. The van der Waals surface area contributed by atoms with E-state index in [0.29, 0.717) is 6.04 Å². The molecule has 2 fully saturated rings. The van der Waals surface area contributed by atoms with Gasteiger partial charge in [-0.1, -0.05) is 12.8 Å². The molecule has 1 heterocycles. The molecule has 3 heteroatoms. The third kappa shape index (κ3) is 4.11. The Morgan fingerprint density at radius 2 is 1.89 bits per heavy atom. The van der Waals surface area contributed by atoms with Crippen LogP contribution in [0.1, 0.15) is 59.3 Å². The Morgan fingerprint density at radius 1 is 1.17 bits per heavy atom. The van der Waals surface area contributed by atoms with Crippen molar-refractivity contribution >= 4 is 12.4 Å². The smallest absolute Gasteiger partial charge is 0.0591 e. The molecule has 0 bridgehead atoms. The summed E-state index contributed by atoms with van der Waals surface area (Å²) in [4.78, 5) is 0. The summed E-state index contributed by atoms with van der Waals surface area (Å²) in [6, 6.07) is 0.707. The molecular formula is C15H30ClNO. The molecule has 1 aliphatic carbocycles. The normalized spacial score (nSPS) is 36.7. The molecule has 0 amide bonds. The molecule has 0 unspecified atom stereocenters. The highest BCUT2D eigenvalue weighted by atomic mass is 35.5. The Bertz CT molecular complexity index is 251. The van der Waals surface area contributed by atoms with E-state index in [1.807, 2.05) is 13.8 Å². The zero-order valence-corrected chi connectivity index (χ0v) is 12.9. The summed E-state index contributed by atoms with van der Waals surface area (Å²) in [6.07, 6.45) is 7.73. The van der Waals surface area contributed by atoms with Gasteiger partial charge in [0, 0.05) is 6.04 Å². The molecule has 1 aliphatic heterocycles. The highest BCUT2D eigenvalue weighted by Gasteiger charge is 2.38. The van der Waals surface area contributed by atoms with Crippen molar-refractivity contribution in [3.05, 3.63) is 0 Å². The second-order valence-corrected chi connectivity index (χ2v) is 6.90. The Balaban J connectivity index is 0.00000162. The van der Waals surface area contributed by atoms with Crippen LogP contribution in [0, 0.1) is 17.8 Å². The van der Waals surface area contributed by atoms with Gasteiger partial charge in [0.1, 0.15) is 0 Å². The van der Waals surface area contributed by atoms with E-state index in [1.54, 1.807) is 0 Å². The van der Waals surface area contributed by atoms with Gasteiger partial charge in [0.25, 0.3) is 0 Å². The molecule has 2 rings (SSSR count). The number of fused-ring (bicyclic) bond motifs is 1. The molecule has 1 saturated heterocycles. The van der Waals surface area contributed by atoms with Crippen LogP contribution in [-0.2, 0) is 0 Å². The average Bonchev–Trinajstić information content (AvgIpc) is 2.26. The van der Waals surface area contributed by atoms with Crippen LogP contribution in [-0.4, -0.2) is 23.3 Å². The van der Waals surface area contributed by atoms with Crippen LogP contribution in [0.3, 0.4) is 0 Å². The van der Waals surface area contributed by atoms with Crippen molar-refractivity contribution in [2.45, 2.75) is 70.9 Å². The molecule has 2 N–H and O–H groups in total. The number of rotatable bonds is 3. The summed E-state index contributed by atoms with van der Waals surface area (Å²) < 4.78 is 0. The summed E-state index contributed by atoms with van der Waals surface area (Å²) in [7, 11) is 0. The quantitative estimate of drug-likeness (QED) is 0.828. The molecule has 0 spiro atoms. The molecule has 108 valence electrons. The van der Waals surface area contributed by atoms with Crippen LogP contribution >= 0.6 is 12.4 Å². The van der Waals surface area contributed by atoms with E-state index in [9.17, 15) is 5.11 Å². The van der Waals surface area contributed by atoms with Gasteiger partial charge in [-0.3, -0.25) is 0 Å². The van der Waals surface area contributed by atoms with E-state index in [-0.39, 0.29) is 12.4 Å². The number of aliphatic hydroxyl groups is 1. The van der Waals surface area contributed by atoms with Gasteiger partial charge in [-0.05, 0) is 70.8 Å². The lowest BCUT2D eigenvalue weighted by Gasteiger charge is -2.45. The summed E-state index contributed by atoms with van der Waals surface area (Å²) in [5, 5.41) is 13.5. The van der Waals surface area contributed by atoms with Gasteiger partial charge < -0.3 is 10.4 Å². The highest BCUT2D eigenvalue weighted by molar-refractivity contribution is 5.85. The monoisotopic (exact) mass is 275 g/mol. The van der Waals surface area contributed by atoms with E-state index in [0.717, 1.165) is 24.2 Å². The lowest BCUT2D eigenvalue weighted by molar-refractivity contribution is 0.0354. The highest BCUT2D eigenvalue weighted by Crippen LogP contribution is 2.43. The lowest BCUT2D eigenvalue weighted by Crippen LogP contribution is -2.48. The van der Waals surface area contributed by atoms with Crippen molar-refractivity contribution in [1.29, 1.82) is 0 Å². The molecule has 2 nitrogen and oxygen atoms in total. The van der Waals surface area contributed by atoms with Crippen molar-refractivity contribution in [1.82, 2.24) is 5.32 Å². The van der Waals surface area contributed by atoms with Crippen LogP contribution < -0.4 is 5.32 Å². The van der Waals surface area contributed by atoms with Gasteiger partial charge in [-0.25, -0.2) is 0 Å². The van der Waals surface area contributed by atoms with Crippen LogP contribution in [0.25, 0.3) is 0 Å². The van der Waals surface area contributed by atoms with E-state index in [4.69, 9.17) is 0 Å². The maximum absolute atomic E-state index is 9.88. The Kier molecular flexibility index (Phi) is 5.95. The first kappa shape index (κ1) is 16.3. The summed E-state index contributed by atoms with van der Waals surface area (Å²) in [5.74, 6) is 2.68. The van der Waals surface area contributed by atoms with Gasteiger partial charge in [0.05, 0.1) is 5.60 Å². The second-order valence-electron chi connectivity index (χ2n) is 6.90. The van der Waals surface area contributed by atoms with Gasteiger partial charge >= 0.3 is 0 Å². The van der Waals surface area contributed by atoms with E-state index >= 15 is 0 Å². The minimum absolute atomic E-state index is 0. The molecule has 0 aromatic carbocycles. The summed E-state index contributed by atoms with van der Waals surface area (Å²) >= 11 is 0. The molecule has 0 aromatic rings. The van der Waals surface area contributed by atoms with E-state index < -0.39 is 5.60 Å². The van der Waals surface area contributed by atoms with Gasteiger partial charge in [0.15, 0.2) is 0 Å². The fraction of sp³-hybridized carbons (Fsp3) is 1.00. The molecule has 2 aliphatic rings. The molecule has 1 saturated carbocycles. The summed E-state index contributed by atoms with van der Waals surface area (Å²) in [6.45, 7) is 7.44. The zero-order valence-electron chi connectivity index (χ0n) is 12.1. The third-order valence-corrected chi connectivity index (χ3v) is 4.98. The van der Waals surface area contributed by atoms with Crippen LogP contribution in [0.2, 0.25) is 0 Å². The SMILES string of the molecule is C[C@@H]1NCC[C@H]2[C@H](CCC(C)(C)O)CCC[C@@H]21.Cl. The Labute approximate surface area is 118 Å². The van der Waals surface area contributed by atoms with Crippen molar-refractivity contribution in [2.24, 2.45) is 17.8 Å². The molecule has 18 heavy (non-hydrogen) atoms. The largest absolute Gasteiger partial charge is 0.390 e. The zero-order chi connectivity index (χ0) is 12.5. The van der Waals surface area contributed by atoms with Crippen LogP contribution in [0.15, 0.2) is 0 Å². The minimum Gasteiger partial charge on any atom is -0.390 e. The first-order chi connectivity index (χ1) is 7.97. The molecule has 4 atom stereocenters. The second kappa shape index (κ2) is 6.58.